The number of piperidine rings is 2. The van der Waals surface area contributed by atoms with Crippen LogP contribution in [0.5, 0.6) is 0 Å². The van der Waals surface area contributed by atoms with Crippen LogP contribution in [0.3, 0.4) is 0 Å². The van der Waals surface area contributed by atoms with Crippen LogP contribution in [0.25, 0.3) is 22.3 Å². The number of nitrogens with zero attached hydrogens (tertiary/aromatic N) is 3. The number of amides is 3. The SMILES string of the molecule is Cc1cccc(N)c1-c1c(C)cccc1N1CCCCC1.Cc1cccc(NC(=O)ON2C(=O)CCC2=O)c1-c1c(C)cccc1N1CCCCC1.[2H]SC. The number of hydroxylamine groups is 2. The van der Waals surface area contributed by atoms with E-state index in [4.69, 9.17) is 11.7 Å². The van der Waals surface area contributed by atoms with E-state index in [0.717, 1.165) is 85.2 Å². The van der Waals surface area contributed by atoms with Gasteiger partial charge in [-0.1, -0.05) is 48.5 Å². The van der Waals surface area contributed by atoms with E-state index >= 15 is 0 Å². The van der Waals surface area contributed by atoms with Crippen molar-refractivity contribution in [1.82, 2.24) is 5.06 Å². The quantitative estimate of drug-likeness (QED) is 0.102. The Balaban J connectivity index is 0.000000210. The number of hydrogen-bond acceptors (Lipinski definition) is 8. The van der Waals surface area contributed by atoms with Crippen LogP contribution in [-0.2, 0) is 14.4 Å². The van der Waals surface area contributed by atoms with Crippen LogP contribution in [0.4, 0.5) is 27.5 Å². The summed E-state index contributed by atoms with van der Waals surface area (Å²) in [5, 5.41) is 3.30. The van der Waals surface area contributed by atoms with E-state index in [2.05, 4.69) is 78.4 Å². The lowest BCUT2D eigenvalue weighted by Crippen LogP contribution is -2.34. The number of nitrogen functional groups attached to an aromatic ring is 1. The number of carbonyl (C=O) groups is 3. The highest BCUT2D eigenvalue weighted by Gasteiger charge is 2.33. The number of imide groups is 1. The van der Waals surface area contributed by atoms with Crippen molar-refractivity contribution in [2.75, 3.05) is 53.3 Å². The van der Waals surface area contributed by atoms with Crippen molar-refractivity contribution in [2.24, 2.45) is 0 Å². The number of benzene rings is 4. The van der Waals surface area contributed by atoms with Crippen LogP contribution >= 0.6 is 12.5 Å². The predicted octanol–water partition coefficient (Wildman–Crippen LogP) is 9.66. The number of nitrogens with two attached hydrogens (primary N) is 1. The summed E-state index contributed by atoms with van der Waals surface area (Å²) in [6, 6.07) is 24.7. The molecule has 3 fully saturated rings. The molecule has 0 radical (unpaired) electrons. The molecule has 0 aromatic heterocycles. The molecule has 0 unspecified atom stereocenters. The molecular formula is C44H55N5O4S. The molecule has 3 heterocycles. The van der Waals surface area contributed by atoms with E-state index in [1.807, 2.05) is 37.3 Å². The minimum Gasteiger partial charge on any atom is -0.398 e. The minimum atomic E-state index is -0.858. The molecule has 10 heteroatoms. The van der Waals surface area contributed by atoms with E-state index in [1.54, 1.807) is 6.26 Å². The van der Waals surface area contributed by atoms with Crippen LogP contribution < -0.4 is 20.9 Å². The highest BCUT2D eigenvalue weighted by Crippen LogP contribution is 2.42. The average Bonchev–Trinajstić information content (AvgIpc) is 3.49. The lowest BCUT2D eigenvalue weighted by molar-refractivity contribution is -0.170. The summed E-state index contributed by atoms with van der Waals surface area (Å²) >= 11 is 1.000. The number of thiol groups is 1. The molecule has 54 heavy (non-hydrogen) atoms. The highest BCUT2D eigenvalue weighted by molar-refractivity contribution is 7.79. The Labute approximate surface area is 327 Å². The Bertz CT molecular complexity index is 1940. The van der Waals surface area contributed by atoms with Crippen LogP contribution in [0.1, 0.15) is 73.6 Å². The van der Waals surface area contributed by atoms with E-state index in [-0.39, 0.29) is 12.8 Å². The molecule has 7 rings (SSSR count). The van der Waals surface area contributed by atoms with Crippen LogP contribution in [0.2, 0.25) is 0 Å². The third-order valence-corrected chi connectivity index (χ3v) is 10.4. The molecule has 3 aliphatic rings. The average molecular weight is 751 g/mol. The Hall–Kier alpha value is -4.96. The Morgan fingerprint density at radius 1 is 0.648 bits per heavy atom. The second-order valence-electron chi connectivity index (χ2n) is 14.2. The molecule has 286 valence electrons. The molecule has 3 aliphatic heterocycles. The smallest absolute Gasteiger partial charge is 0.398 e. The van der Waals surface area contributed by atoms with Crippen LogP contribution in [-0.4, -0.2) is 56.5 Å². The normalized spacial score (nSPS) is 15.8. The Kier molecular flexibility index (Phi) is 13.5. The molecule has 4 aromatic carbocycles. The van der Waals surface area contributed by atoms with Gasteiger partial charge < -0.3 is 20.4 Å². The lowest BCUT2D eigenvalue weighted by atomic mass is 9.92. The standard InChI is InChI=1S/C24H27N3O4.C19H24N2.CH4S/c1-16-8-6-10-18(25-24(30)31-27-20(28)12-13-21(27)29)22(16)23-17(2)9-7-11-19(23)26-14-4-3-5-15-26;1-14-8-6-10-16(20)18(14)19-15(2)9-7-11-17(19)21-12-4-3-5-13-21;1-2/h6-11H,3-5,12-15H2,1-2H3,(H,25,30);6-11H,3-5,12-13,20H2,1-2H3;2H,1H3/i/hD. The zero-order chi connectivity index (χ0) is 39.5. The van der Waals surface area contributed by atoms with E-state index < -0.39 is 17.9 Å². The number of aryl methyl sites for hydroxylation is 4. The molecule has 3 amide bonds. The second-order valence-corrected chi connectivity index (χ2v) is 14.2. The van der Waals surface area contributed by atoms with Gasteiger partial charge in [0, 0.05) is 78.3 Å². The van der Waals surface area contributed by atoms with Crippen LogP contribution in [0, 0.1) is 27.7 Å². The molecule has 3 saturated heterocycles. The Morgan fingerprint density at radius 2 is 1.06 bits per heavy atom. The van der Waals surface area contributed by atoms with Gasteiger partial charge in [-0.05, 0) is 119 Å². The molecule has 9 nitrogen and oxygen atoms in total. The fraction of sp³-hybridized carbons (Fsp3) is 0.386. The first-order valence-electron chi connectivity index (χ1n) is 19.4. The predicted molar refractivity (Wildman–Crippen MR) is 225 cm³/mol. The first-order valence-corrected chi connectivity index (χ1v) is 19.9. The van der Waals surface area contributed by atoms with Crippen molar-refractivity contribution in [3.63, 3.8) is 0 Å². The number of nitrogens with one attached hydrogen (secondary N) is 1. The largest absolute Gasteiger partial charge is 0.436 e. The summed E-state index contributed by atoms with van der Waals surface area (Å²) in [7, 11) is 0. The summed E-state index contributed by atoms with van der Waals surface area (Å²) in [6.07, 6.45) is 8.47. The van der Waals surface area contributed by atoms with Crippen molar-refractivity contribution in [1.29, 1.82) is 1.12 Å². The lowest BCUT2D eigenvalue weighted by Gasteiger charge is -2.32. The van der Waals surface area contributed by atoms with Gasteiger partial charge >= 0.3 is 6.09 Å². The van der Waals surface area contributed by atoms with Gasteiger partial charge in [0.1, 0.15) is 1.12 Å². The number of hydrogen-bond donors (Lipinski definition) is 3. The zero-order valence-electron chi connectivity index (χ0n) is 33.4. The van der Waals surface area contributed by atoms with E-state index in [1.165, 1.54) is 53.6 Å². The van der Waals surface area contributed by atoms with Gasteiger partial charge in [0.05, 0.1) is 5.69 Å². The molecule has 3 N–H and O–H groups in total. The topological polar surface area (TPSA) is 108 Å². The molecule has 4 aromatic rings. The Morgan fingerprint density at radius 3 is 1.54 bits per heavy atom. The molecule has 0 atom stereocenters. The van der Waals surface area contributed by atoms with Gasteiger partial charge in [0.2, 0.25) is 0 Å². The maximum absolute atomic E-state index is 12.5. The van der Waals surface area contributed by atoms with E-state index in [0.29, 0.717) is 10.8 Å². The minimum absolute atomic E-state index is 0.0597. The molecule has 0 saturated carbocycles. The van der Waals surface area contributed by atoms with Crippen molar-refractivity contribution in [2.45, 2.75) is 79.1 Å². The zero-order valence-corrected chi connectivity index (χ0v) is 33.2. The van der Waals surface area contributed by atoms with Crippen molar-refractivity contribution in [3.05, 3.63) is 95.1 Å². The van der Waals surface area contributed by atoms with E-state index in [9.17, 15) is 14.4 Å². The molecule has 0 spiro atoms. The van der Waals surface area contributed by atoms with Crippen molar-refractivity contribution >= 4 is 53.2 Å². The fourth-order valence-electron chi connectivity index (χ4n) is 7.76. The number of rotatable bonds is 6. The fourth-order valence-corrected chi connectivity index (χ4v) is 7.76. The summed E-state index contributed by atoms with van der Waals surface area (Å²) in [6.45, 7) is 12.7. The summed E-state index contributed by atoms with van der Waals surface area (Å²) < 4.78 is 6.12. The maximum atomic E-state index is 12.5. The van der Waals surface area contributed by atoms with Crippen molar-refractivity contribution < 1.29 is 19.2 Å². The number of carbonyl (C=O) groups excluding carboxylic acids is 3. The van der Waals surface area contributed by atoms with Gasteiger partial charge in [0.15, 0.2) is 0 Å². The molecular weight excluding hydrogens is 695 g/mol. The molecule has 0 bridgehead atoms. The third-order valence-electron chi connectivity index (χ3n) is 10.4. The first-order chi connectivity index (χ1) is 26.5. The van der Waals surface area contributed by atoms with Gasteiger partial charge in [-0.2, -0.15) is 12.5 Å². The van der Waals surface area contributed by atoms with Gasteiger partial charge in [-0.15, -0.1) is 5.06 Å². The highest BCUT2D eigenvalue weighted by atomic mass is 32.1. The summed E-state index contributed by atoms with van der Waals surface area (Å²) in [5.74, 6) is -1.01. The second kappa shape index (κ2) is 18.9. The monoisotopic (exact) mass is 750 g/mol. The summed E-state index contributed by atoms with van der Waals surface area (Å²) in [5.41, 5.74) is 19.4. The number of anilines is 4. The first kappa shape index (κ1) is 38.8. The van der Waals surface area contributed by atoms with Gasteiger partial charge in [-0.25, -0.2) is 4.79 Å². The van der Waals surface area contributed by atoms with Crippen LogP contribution in [0.15, 0.2) is 72.8 Å². The van der Waals surface area contributed by atoms with Gasteiger partial charge in [0.25, 0.3) is 11.8 Å². The maximum Gasteiger partial charge on any atom is 0.436 e. The molecule has 0 aliphatic carbocycles. The van der Waals surface area contributed by atoms with Gasteiger partial charge in [-0.3, -0.25) is 14.9 Å². The summed E-state index contributed by atoms with van der Waals surface area (Å²) in [4.78, 5) is 46.0. The van der Waals surface area contributed by atoms with Crippen molar-refractivity contribution in [3.8, 4) is 22.3 Å². The third kappa shape index (κ3) is 9.21.